The van der Waals surface area contributed by atoms with Gasteiger partial charge in [-0.25, -0.2) is 9.48 Å². The Hall–Kier alpha value is -3.13. The average Bonchev–Trinajstić information content (AvgIpc) is 3.22. The van der Waals surface area contributed by atoms with Crippen LogP contribution in [0.3, 0.4) is 0 Å². The number of nitrogens with one attached hydrogen (secondary N) is 2. The van der Waals surface area contributed by atoms with E-state index in [0.29, 0.717) is 25.2 Å². The van der Waals surface area contributed by atoms with Gasteiger partial charge in [-0.1, -0.05) is 6.07 Å². The third-order valence-corrected chi connectivity index (χ3v) is 4.71. The molecular formula is C19H20N4O3S. The zero-order valence-electron chi connectivity index (χ0n) is 14.8. The maximum atomic E-state index is 12.0. The monoisotopic (exact) mass is 384 g/mol. The summed E-state index contributed by atoms with van der Waals surface area (Å²) in [6, 6.07) is 13.9. The molecule has 2 amide bonds. The third-order valence-electron chi connectivity index (χ3n) is 3.82. The van der Waals surface area contributed by atoms with Crippen molar-refractivity contribution in [2.24, 2.45) is 0 Å². The van der Waals surface area contributed by atoms with E-state index in [1.807, 2.05) is 17.5 Å². The maximum absolute atomic E-state index is 12.0. The topological polar surface area (TPSA) is 85.2 Å². The molecule has 2 heterocycles. The number of aryl methyl sites for hydroxylation is 1. The van der Waals surface area contributed by atoms with Crippen molar-refractivity contribution in [3.63, 3.8) is 0 Å². The molecule has 27 heavy (non-hydrogen) atoms. The van der Waals surface area contributed by atoms with Crippen LogP contribution < -0.4 is 20.9 Å². The van der Waals surface area contributed by atoms with Crippen LogP contribution in [0.5, 0.6) is 5.75 Å². The molecule has 0 spiro atoms. The molecule has 0 aliphatic rings. The van der Waals surface area contributed by atoms with Crippen molar-refractivity contribution in [1.29, 1.82) is 0 Å². The lowest BCUT2D eigenvalue weighted by molar-refractivity contribution is 0.251. The number of hydrogen-bond donors (Lipinski definition) is 2. The Morgan fingerprint density at radius 3 is 2.70 bits per heavy atom. The lowest BCUT2D eigenvalue weighted by Crippen LogP contribution is -2.31. The van der Waals surface area contributed by atoms with Crippen LogP contribution in [-0.4, -0.2) is 29.5 Å². The van der Waals surface area contributed by atoms with Crippen LogP contribution >= 0.6 is 11.3 Å². The second-order valence-corrected chi connectivity index (χ2v) is 6.67. The predicted octanol–water partition coefficient (Wildman–Crippen LogP) is 3.19. The second kappa shape index (κ2) is 9.00. The zero-order chi connectivity index (χ0) is 19.1. The van der Waals surface area contributed by atoms with Gasteiger partial charge in [-0.2, -0.15) is 5.10 Å². The predicted molar refractivity (Wildman–Crippen MR) is 106 cm³/mol. The fraction of sp³-hybridized carbons (Fsp3) is 0.211. The minimum atomic E-state index is -0.298. The number of ether oxygens (including phenoxy) is 1. The molecule has 3 aromatic rings. The number of anilines is 1. The van der Waals surface area contributed by atoms with Crippen molar-refractivity contribution in [3.8, 4) is 16.3 Å². The number of rotatable bonds is 7. The summed E-state index contributed by atoms with van der Waals surface area (Å²) in [6.45, 7) is 0.861. The number of carbonyl (C=O) groups is 1. The number of aromatic nitrogens is 2. The summed E-state index contributed by atoms with van der Waals surface area (Å²) < 4.78 is 6.50. The molecule has 1 aromatic carbocycles. The first-order valence-corrected chi connectivity index (χ1v) is 9.34. The summed E-state index contributed by atoms with van der Waals surface area (Å²) in [5.41, 5.74) is 1.29. The third kappa shape index (κ3) is 5.18. The van der Waals surface area contributed by atoms with Crippen LogP contribution in [0, 0.1) is 0 Å². The highest BCUT2D eigenvalue weighted by molar-refractivity contribution is 7.13. The van der Waals surface area contributed by atoms with Gasteiger partial charge in [0.1, 0.15) is 11.4 Å². The summed E-state index contributed by atoms with van der Waals surface area (Å²) in [5, 5.41) is 11.9. The van der Waals surface area contributed by atoms with Crippen LogP contribution in [0.1, 0.15) is 6.42 Å². The van der Waals surface area contributed by atoms with Gasteiger partial charge in [0.25, 0.3) is 5.56 Å². The normalized spacial score (nSPS) is 10.4. The van der Waals surface area contributed by atoms with Crippen molar-refractivity contribution in [3.05, 3.63) is 64.3 Å². The fourth-order valence-corrected chi connectivity index (χ4v) is 3.14. The molecule has 140 valence electrons. The van der Waals surface area contributed by atoms with Gasteiger partial charge in [-0.3, -0.25) is 4.79 Å². The van der Waals surface area contributed by atoms with E-state index < -0.39 is 0 Å². The van der Waals surface area contributed by atoms with E-state index in [-0.39, 0.29) is 11.6 Å². The number of amides is 2. The van der Waals surface area contributed by atoms with Gasteiger partial charge in [-0.05, 0) is 48.2 Å². The number of methoxy groups -OCH3 is 1. The summed E-state index contributed by atoms with van der Waals surface area (Å²) in [5.74, 6) is 0.726. The number of carbonyl (C=O) groups excluding carboxylic acids is 1. The smallest absolute Gasteiger partial charge is 0.319 e. The highest BCUT2D eigenvalue weighted by Gasteiger charge is 2.05. The van der Waals surface area contributed by atoms with Gasteiger partial charge < -0.3 is 15.4 Å². The van der Waals surface area contributed by atoms with Crippen molar-refractivity contribution < 1.29 is 9.53 Å². The average molecular weight is 384 g/mol. The molecule has 0 bridgehead atoms. The van der Waals surface area contributed by atoms with Crippen LogP contribution in [0.25, 0.3) is 10.6 Å². The highest BCUT2D eigenvalue weighted by Crippen LogP contribution is 2.21. The van der Waals surface area contributed by atoms with Crippen LogP contribution in [-0.2, 0) is 6.54 Å². The Kier molecular flexibility index (Phi) is 6.22. The molecule has 0 aliphatic heterocycles. The summed E-state index contributed by atoms with van der Waals surface area (Å²) in [7, 11) is 1.59. The number of nitrogens with zero attached hydrogens (tertiary/aromatic N) is 2. The number of thiophene rings is 1. The SMILES string of the molecule is COc1ccc(NC(=O)NCCCn2nc(-c3cccs3)ccc2=O)cc1. The minimum Gasteiger partial charge on any atom is -0.497 e. The molecule has 0 saturated heterocycles. The standard InChI is InChI=1S/C19H20N4O3S/c1-26-15-7-5-14(6-8-15)21-19(25)20-11-3-12-23-18(24)10-9-16(22-23)17-4-2-13-27-17/h2,4-10,13H,3,11-12H2,1H3,(H2,20,21,25). The van der Waals surface area contributed by atoms with Gasteiger partial charge in [-0.15, -0.1) is 11.3 Å². The van der Waals surface area contributed by atoms with Crippen LogP contribution in [0.15, 0.2) is 58.7 Å². The molecule has 0 saturated carbocycles. The van der Waals surface area contributed by atoms with Crippen molar-refractivity contribution >= 4 is 23.1 Å². The molecule has 7 nitrogen and oxygen atoms in total. The van der Waals surface area contributed by atoms with Crippen LogP contribution in [0.2, 0.25) is 0 Å². The van der Waals surface area contributed by atoms with E-state index in [9.17, 15) is 9.59 Å². The van der Waals surface area contributed by atoms with E-state index in [1.165, 1.54) is 10.7 Å². The fourth-order valence-electron chi connectivity index (χ4n) is 2.45. The molecule has 8 heteroatoms. The molecule has 2 aromatic heterocycles. The summed E-state index contributed by atoms with van der Waals surface area (Å²) >= 11 is 1.57. The Morgan fingerprint density at radius 1 is 1.19 bits per heavy atom. The first-order valence-electron chi connectivity index (χ1n) is 8.46. The molecular weight excluding hydrogens is 364 g/mol. The zero-order valence-corrected chi connectivity index (χ0v) is 15.7. The first-order chi connectivity index (χ1) is 13.2. The summed E-state index contributed by atoms with van der Waals surface area (Å²) in [6.07, 6.45) is 0.594. The Labute approximate surface area is 160 Å². The van der Waals surface area contributed by atoms with Crippen molar-refractivity contribution in [2.45, 2.75) is 13.0 Å². The molecule has 3 rings (SSSR count). The van der Waals surface area contributed by atoms with Gasteiger partial charge in [0.05, 0.1) is 12.0 Å². The number of urea groups is 1. The van der Waals surface area contributed by atoms with E-state index in [4.69, 9.17) is 4.74 Å². The Morgan fingerprint density at radius 2 is 2.00 bits per heavy atom. The number of benzene rings is 1. The quantitative estimate of drug-likeness (QED) is 0.613. The molecule has 0 radical (unpaired) electrons. The van der Waals surface area contributed by atoms with Crippen molar-refractivity contribution in [2.75, 3.05) is 19.0 Å². The minimum absolute atomic E-state index is 0.155. The van der Waals surface area contributed by atoms with Gasteiger partial charge >= 0.3 is 6.03 Å². The van der Waals surface area contributed by atoms with E-state index in [0.717, 1.165) is 16.3 Å². The lowest BCUT2D eigenvalue weighted by Gasteiger charge is -2.09. The molecule has 0 aliphatic carbocycles. The van der Waals surface area contributed by atoms with E-state index in [1.54, 1.807) is 48.8 Å². The lowest BCUT2D eigenvalue weighted by atomic mass is 10.3. The second-order valence-electron chi connectivity index (χ2n) is 5.72. The Balaban J connectivity index is 1.47. The van der Waals surface area contributed by atoms with E-state index >= 15 is 0 Å². The molecule has 0 fully saturated rings. The van der Waals surface area contributed by atoms with Gasteiger partial charge in [0, 0.05) is 24.8 Å². The summed E-state index contributed by atoms with van der Waals surface area (Å²) in [4.78, 5) is 24.9. The molecule has 0 unspecified atom stereocenters. The maximum Gasteiger partial charge on any atom is 0.319 e. The highest BCUT2D eigenvalue weighted by atomic mass is 32.1. The Bertz CT molecular complexity index is 936. The van der Waals surface area contributed by atoms with E-state index in [2.05, 4.69) is 15.7 Å². The number of hydrogen-bond acceptors (Lipinski definition) is 5. The van der Waals surface area contributed by atoms with Crippen molar-refractivity contribution in [1.82, 2.24) is 15.1 Å². The molecule has 2 N–H and O–H groups in total. The van der Waals surface area contributed by atoms with Gasteiger partial charge in [0.2, 0.25) is 0 Å². The van der Waals surface area contributed by atoms with Crippen LogP contribution in [0.4, 0.5) is 10.5 Å². The largest absolute Gasteiger partial charge is 0.497 e. The first kappa shape index (κ1) is 18.7. The van der Waals surface area contributed by atoms with Gasteiger partial charge in [0.15, 0.2) is 0 Å². The molecule has 0 atom stereocenters.